The maximum Gasteiger partial charge on any atom is 0.258 e. The van der Waals surface area contributed by atoms with Crippen LogP contribution in [0.1, 0.15) is 10.4 Å². The van der Waals surface area contributed by atoms with Gasteiger partial charge in [-0.2, -0.15) is 0 Å². The molecule has 0 aliphatic heterocycles. The first kappa shape index (κ1) is 16.1. The molecule has 0 spiro atoms. The van der Waals surface area contributed by atoms with Crippen LogP contribution in [0.3, 0.4) is 0 Å². The van der Waals surface area contributed by atoms with Crippen molar-refractivity contribution in [3.8, 4) is 10.4 Å². The molecule has 0 aliphatic carbocycles. The van der Waals surface area contributed by atoms with Crippen LogP contribution < -0.4 is 4.90 Å². The summed E-state index contributed by atoms with van der Waals surface area (Å²) >= 11 is 13.6. The average Bonchev–Trinajstić information content (AvgIpc) is 3.03. The number of carbonyl (C=O) groups is 1. The Kier molecular flexibility index (Phi) is 4.71. The molecule has 1 heterocycles. The number of hydrogen-bond acceptors (Lipinski definition) is 2. The van der Waals surface area contributed by atoms with Gasteiger partial charge in [0.15, 0.2) is 0 Å². The highest BCUT2D eigenvalue weighted by Gasteiger charge is 2.16. The van der Waals surface area contributed by atoms with Gasteiger partial charge < -0.3 is 4.90 Å². The van der Waals surface area contributed by atoms with Gasteiger partial charge in [0.2, 0.25) is 0 Å². The Balaban J connectivity index is 1.87. The largest absolute Gasteiger partial charge is 0.311 e. The van der Waals surface area contributed by atoms with E-state index >= 15 is 0 Å². The summed E-state index contributed by atoms with van der Waals surface area (Å²) in [6.45, 7) is 0. The predicted molar refractivity (Wildman–Crippen MR) is 99.0 cm³/mol. The lowest BCUT2D eigenvalue weighted by molar-refractivity contribution is 0.0993. The lowest BCUT2D eigenvalue weighted by Crippen LogP contribution is -2.25. The Morgan fingerprint density at radius 1 is 1.00 bits per heavy atom. The van der Waals surface area contributed by atoms with E-state index in [-0.39, 0.29) is 5.91 Å². The minimum absolute atomic E-state index is 0.146. The first-order chi connectivity index (χ1) is 11.0. The highest BCUT2D eigenvalue weighted by molar-refractivity contribution is 7.14. The van der Waals surface area contributed by atoms with Crippen molar-refractivity contribution in [2.24, 2.45) is 0 Å². The van der Waals surface area contributed by atoms with E-state index in [1.54, 1.807) is 41.5 Å². The van der Waals surface area contributed by atoms with E-state index in [1.165, 1.54) is 0 Å². The number of benzene rings is 2. The Morgan fingerprint density at radius 2 is 1.65 bits per heavy atom. The van der Waals surface area contributed by atoms with E-state index < -0.39 is 0 Å². The lowest BCUT2D eigenvalue weighted by Gasteiger charge is -2.16. The fourth-order valence-corrected chi connectivity index (χ4v) is 3.70. The van der Waals surface area contributed by atoms with Gasteiger partial charge >= 0.3 is 0 Å². The molecular formula is C18H13Cl2NOS. The molecular weight excluding hydrogens is 349 g/mol. The average molecular weight is 362 g/mol. The molecule has 0 radical (unpaired) electrons. The summed E-state index contributed by atoms with van der Waals surface area (Å²) in [5, 5.41) is 2.86. The molecule has 0 atom stereocenters. The van der Waals surface area contributed by atoms with Gasteiger partial charge in [0.25, 0.3) is 5.91 Å². The standard InChI is InChI=1S/C18H13Cl2NOS/c1-21(18(22)13-7-14(19)9-15(20)8-13)16-10-17(23-11-16)12-5-3-2-4-6-12/h2-11H,1H3. The molecule has 1 amide bonds. The third-order valence-electron chi connectivity index (χ3n) is 3.45. The predicted octanol–water partition coefficient (Wildman–Crippen LogP) is 6.00. The molecule has 2 aromatic carbocycles. The molecule has 0 aliphatic rings. The number of carbonyl (C=O) groups excluding carboxylic acids is 1. The van der Waals surface area contributed by atoms with Gasteiger partial charge in [0, 0.05) is 32.9 Å². The van der Waals surface area contributed by atoms with Crippen LogP contribution >= 0.6 is 34.5 Å². The van der Waals surface area contributed by atoms with Crippen LogP contribution in [0.15, 0.2) is 60.0 Å². The van der Waals surface area contributed by atoms with Gasteiger partial charge in [0.1, 0.15) is 0 Å². The summed E-state index contributed by atoms with van der Waals surface area (Å²) in [4.78, 5) is 15.3. The summed E-state index contributed by atoms with van der Waals surface area (Å²) < 4.78 is 0. The van der Waals surface area contributed by atoms with E-state index in [9.17, 15) is 4.79 Å². The van der Waals surface area contributed by atoms with Crippen molar-refractivity contribution in [3.05, 3.63) is 75.6 Å². The van der Waals surface area contributed by atoms with Crippen LogP contribution in [-0.4, -0.2) is 13.0 Å². The number of amides is 1. The summed E-state index contributed by atoms with van der Waals surface area (Å²) in [6, 6.07) is 16.9. The topological polar surface area (TPSA) is 20.3 Å². The molecule has 3 aromatic rings. The van der Waals surface area contributed by atoms with Crippen molar-refractivity contribution >= 4 is 46.1 Å². The minimum atomic E-state index is -0.146. The van der Waals surface area contributed by atoms with Gasteiger partial charge in [-0.3, -0.25) is 4.79 Å². The molecule has 116 valence electrons. The highest BCUT2D eigenvalue weighted by Crippen LogP contribution is 2.32. The second-order valence-corrected chi connectivity index (χ2v) is 6.84. The molecule has 0 N–H and O–H groups in total. The van der Waals surface area contributed by atoms with Crippen LogP contribution in [0.25, 0.3) is 10.4 Å². The number of rotatable bonds is 3. The molecule has 0 bridgehead atoms. The Hall–Kier alpha value is -1.81. The fourth-order valence-electron chi connectivity index (χ4n) is 2.24. The summed E-state index contributed by atoms with van der Waals surface area (Å²) in [5.41, 5.74) is 2.45. The van der Waals surface area contributed by atoms with E-state index in [0.29, 0.717) is 15.6 Å². The number of nitrogens with zero attached hydrogens (tertiary/aromatic N) is 1. The van der Waals surface area contributed by atoms with Crippen molar-refractivity contribution < 1.29 is 4.79 Å². The molecule has 0 unspecified atom stereocenters. The van der Waals surface area contributed by atoms with Crippen LogP contribution in [0, 0.1) is 0 Å². The fraction of sp³-hybridized carbons (Fsp3) is 0.0556. The maximum atomic E-state index is 12.6. The molecule has 3 rings (SSSR count). The number of halogens is 2. The van der Waals surface area contributed by atoms with Crippen LogP contribution in [-0.2, 0) is 0 Å². The third-order valence-corrected chi connectivity index (χ3v) is 4.85. The monoisotopic (exact) mass is 361 g/mol. The second kappa shape index (κ2) is 6.75. The normalized spacial score (nSPS) is 10.6. The Morgan fingerprint density at radius 3 is 2.30 bits per heavy atom. The van der Waals surface area contributed by atoms with Crippen LogP contribution in [0.2, 0.25) is 10.0 Å². The molecule has 5 heteroatoms. The SMILES string of the molecule is CN(C(=O)c1cc(Cl)cc(Cl)c1)c1csc(-c2ccccc2)c1. The Labute approximate surface area is 148 Å². The van der Waals surface area contributed by atoms with Gasteiger partial charge in [-0.15, -0.1) is 11.3 Å². The van der Waals surface area contributed by atoms with Crippen LogP contribution in [0.5, 0.6) is 0 Å². The number of hydrogen-bond donors (Lipinski definition) is 0. The zero-order valence-corrected chi connectivity index (χ0v) is 14.6. The smallest absolute Gasteiger partial charge is 0.258 e. The second-order valence-electron chi connectivity index (χ2n) is 5.06. The minimum Gasteiger partial charge on any atom is -0.311 e. The first-order valence-corrected chi connectivity index (χ1v) is 8.56. The molecule has 0 saturated heterocycles. The van der Waals surface area contributed by atoms with E-state index in [4.69, 9.17) is 23.2 Å². The first-order valence-electron chi connectivity index (χ1n) is 6.93. The zero-order chi connectivity index (χ0) is 16.4. The maximum absolute atomic E-state index is 12.6. The molecule has 2 nitrogen and oxygen atoms in total. The van der Waals surface area contributed by atoms with Gasteiger partial charge in [-0.25, -0.2) is 0 Å². The van der Waals surface area contributed by atoms with Crippen molar-refractivity contribution in [2.75, 3.05) is 11.9 Å². The molecule has 0 fully saturated rings. The van der Waals surface area contributed by atoms with Crippen molar-refractivity contribution in [3.63, 3.8) is 0 Å². The highest BCUT2D eigenvalue weighted by atomic mass is 35.5. The van der Waals surface area contributed by atoms with Crippen molar-refractivity contribution in [1.29, 1.82) is 0 Å². The van der Waals surface area contributed by atoms with Gasteiger partial charge in [-0.05, 0) is 29.8 Å². The van der Waals surface area contributed by atoms with Gasteiger partial charge in [0.05, 0.1) is 5.69 Å². The quantitative estimate of drug-likeness (QED) is 0.560. The summed E-state index contributed by atoms with van der Waals surface area (Å²) in [6.07, 6.45) is 0. The Bertz CT molecular complexity index is 825. The summed E-state index contributed by atoms with van der Waals surface area (Å²) in [5.74, 6) is -0.146. The summed E-state index contributed by atoms with van der Waals surface area (Å²) in [7, 11) is 1.74. The van der Waals surface area contributed by atoms with E-state index in [0.717, 1.165) is 16.1 Å². The number of thiophene rings is 1. The number of anilines is 1. The van der Waals surface area contributed by atoms with Crippen molar-refractivity contribution in [2.45, 2.75) is 0 Å². The van der Waals surface area contributed by atoms with E-state index in [2.05, 4.69) is 0 Å². The molecule has 23 heavy (non-hydrogen) atoms. The van der Waals surface area contributed by atoms with E-state index in [1.807, 2.05) is 41.8 Å². The lowest BCUT2D eigenvalue weighted by atomic mass is 10.1. The van der Waals surface area contributed by atoms with Crippen molar-refractivity contribution in [1.82, 2.24) is 0 Å². The molecule has 1 aromatic heterocycles. The van der Waals surface area contributed by atoms with Gasteiger partial charge in [-0.1, -0.05) is 53.5 Å². The zero-order valence-electron chi connectivity index (χ0n) is 12.3. The third kappa shape index (κ3) is 3.58. The molecule has 0 saturated carbocycles. The van der Waals surface area contributed by atoms with Crippen LogP contribution in [0.4, 0.5) is 5.69 Å².